The molecule has 1 N–H and O–H groups in total. The second-order valence-electron chi connectivity index (χ2n) is 5.50. The molecule has 138 valence electrons. The van der Waals surface area contributed by atoms with Crippen LogP contribution in [0.1, 0.15) is 5.56 Å². The first-order valence-corrected chi connectivity index (χ1v) is 8.68. The van der Waals surface area contributed by atoms with Crippen LogP contribution in [0.15, 0.2) is 53.4 Å². The molecule has 0 atom stereocenters. The van der Waals surface area contributed by atoms with Crippen LogP contribution in [0.3, 0.4) is 0 Å². The summed E-state index contributed by atoms with van der Waals surface area (Å²) in [5, 5.41) is 13.5. The lowest BCUT2D eigenvalue weighted by molar-refractivity contribution is -0.384. The van der Waals surface area contributed by atoms with Gasteiger partial charge < -0.3 is 10.1 Å². The second kappa shape index (κ2) is 7.92. The van der Waals surface area contributed by atoms with Gasteiger partial charge in [0.25, 0.3) is 16.8 Å². The molecule has 2 amide bonds. The van der Waals surface area contributed by atoms with Crippen molar-refractivity contribution in [2.75, 3.05) is 19.1 Å². The molecule has 0 aliphatic carbocycles. The maximum atomic E-state index is 12.5. The largest absolute Gasteiger partial charge is 0.495 e. The Morgan fingerprint density at radius 3 is 2.74 bits per heavy atom. The Morgan fingerprint density at radius 2 is 2.00 bits per heavy atom. The number of rotatable bonds is 6. The number of imide groups is 1. The first kappa shape index (κ1) is 18.5. The normalized spacial score (nSPS) is 15.3. The number of benzene rings is 2. The molecule has 1 saturated heterocycles. The van der Waals surface area contributed by atoms with E-state index in [1.165, 1.54) is 31.4 Å². The third kappa shape index (κ3) is 4.09. The molecule has 1 aliphatic rings. The molecule has 8 nitrogen and oxygen atoms in total. The van der Waals surface area contributed by atoms with Crippen molar-refractivity contribution in [2.24, 2.45) is 0 Å². The predicted octanol–water partition coefficient (Wildman–Crippen LogP) is 3.71. The fourth-order valence-corrected chi connectivity index (χ4v) is 3.31. The number of nitro benzene ring substituents is 1. The van der Waals surface area contributed by atoms with Crippen LogP contribution in [0.4, 0.5) is 16.2 Å². The van der Waals surface area contributed by atoms with Crippen molar-refractivity contribution in [1.82, 2.24) is 4.90 Å². The number of para-hydroxylation sites is 2. The zero-order chi connectivity index (χ0) is 19.4. The summed E-state index contributed by atoms with van der Waals surface area (Å²) < 4.78 is 5.22. The molecule has 2 aromatic rings. The number of carbonyl (C=O) groups is 2. The zero-order valence-electron chi connectivity index (χ0n) is 14.2. The smallest absolute Gasteiger partial charge is 0.295 e. The number of nitrogens with zero attached hydrogens (tertiary/aromatic N) is 2. The summed E-state index contributed by atoms with van der Waals surface area (Å²) in [5.74, 6) is 0.135. The molecular formula is C18H15N3O5S. The molecule has 1 aliphatic heterocycles. The molecule has 0 bridgehead atoms. The highest BCUT2D eigenvalue weighted by molar-refractivity contribution is 8.18. The molecule has 1 heterocycles. The van der Waals surface area contributed by atoms with Crippen LogP contribution < -0.4 is 10.1 Å². The monoisotopic (exact) mass is 385 g/mol. The van der Waals surface area contributed by atoms with Gasteiger partial charge in [0.2, 0.25) is 0 Å². The fourth-order valence-electron chi connectivity index (χ4n) is 2.47. The van der Waals surface area contributed by atoms with Crippen molar-refractivity contribution in [3.63, 3.8) is 0 Å². The SMILES string of the molecule is COc1ccccc1NCN1C(=O)SC(=Cc2cccc([N+](=O)[O-])c2)C1=O. The van der Waals surface area contributed by atoms with E-state index in [1.807, 2.05) is 6.07 Å². The van der Waals surface area contributed by atoms with Gasteiger partial charge in [-0.25, -0.2) is 0 Å². The Labute approximate surface area is 159 Å². The van der Waals surface area contributed by atoms with Crippen molar-refractivity contribution < 1.29 is 19.2 Å². The number of amides is 2. The number of non-ortho nitro benzene ring substituents is 1. The first-order valence-electron chi connectivity index (χ1n) is 7.86. The number of hydrogen-bond acceptors (Lipinski definition) is 7. The predicted molar refractivity (Wildman–Crippen MR) is 102 cm³/mol. The van der Waals surface area contributed by atoms with Crippen LogP contribution in [-0.2, 0) is 4.79 Å². The van der Waals surface area contributed by atoms with Crippen molar-refractivity contribution in [2.45, 2.75) is 0 Å². The van der Waals surface area contributed by atoms with Gasteiger partial charge in [0, 0.05) is 12.1 Å². The number of thioether (sulfide) groups is 1. The van der Waals surface area contributed by atoms with Crippen LogP contribution in [0.5, 0.6) is 5.75 Å². The van der Waals surface area contributed by atoms with Gasteiger partial charge in [0.1, 0.15) is 5.75 Å². The van der Waals surface area contributed by atoms with Crippen LogP contribution in [0.2, 0.25) is 0 Å². The van der Waals surface area contributed by atoms with Crippen molar-refractivity contribution in [3.05, 3.63) is 69.1 Å². The van der Waals surface area contributed by atoms with Crippen molar-refractivity contribution >= 4 is 40.4 Å². The van der Waals surface area contributed by atoms with E-state index >= 15 is 0 Å². The van der Waals surface area contributed by atoms with Gasteiger partial charge >= 0.3 is 0 Å². The quantitative estimate of drug-likeness (QED) is 0.459. The summed E-state index contributed by atoms with van der Waals surface area (Å²) in [6, 6.07) is 13.0. The van der Waals surface area contributed by atoms with E-state index in [0.717, 1.165) is 16.7 Å². The number of nitrogens with one attached hydrogen (secondary N) is 1. The molecule has 0 unspecified atom stereocenters. The average Bonchev–Trinajstić information content (AvgIpc) is 2.93. The third-order valence-electron chi connectivity index (χ3n) is 3.79. The lowest BCUT2D eigenvalue weighted by Gasteiger charge is -2.16. The van der Waals surface area contributed by atoms with Crippen LogP contribution in [-0.4, -0.2) is 34.7 Å². The van der Waals surface area contributed by atoms with Gasteiger partial charge in [-0.3, -0.25) is 24.6 Å². The van der Waals surface area contributed by atoms with Crippen molar-refractivity contribution in [3.8, 4) is 5.75 Å². The second-order valence-corrected chi connectivity index (χ2v) is 6.49. The van der Waals surface area contributed by atoms with Crippen molar-refractivity contribution in [1.29, 1.82) is 0 Å². The molecule has 3 rings (SSSR count). The maximum absolute atomic E-state index is 12.5. The van der Waals surface area contributed by atoms with Gasteiger partial charge in [-0.15, -0.1) is 0 Å². The Balaban J connectivity index is 1.75. The number of nitro groups is 1. The summed E-state index contributed by atoms with van der Waals surface area (Å²) in [5.41, 5.74) is 1.05. The highest BCUT2D eigenvalue weighted by atomic mass is 32.2. The Hall–Kier alpha value is -3.33. The summed E-state index contributed by atoms with van der Waals surface area (Å²) in [6.07, 6.45) is 1.47. The number of methoxy groups -OCH3 is 1. The Bertz CT molecular complexity index is 944. The minimum absolute atomic E-state index is 0.0166. The molecule has 9 heteroatoms. The summed E-state index contributed by atoms with van der Waals surface area (Å²) in [7, 11) is 1.53. The highest BCUT2D eigenvalue weighted by Gasteiger charge is 2.35. The molecule has 0 saturated carbocycles. The Kier molecular flexibility index (Phi) is 5.41. The summed E-state index contributed by atoms with van der Waals surface area (Å²) in [6.45, 7) is -0.0166. The standard InChI is InChI=1S/C18H15N3O5S/c1-26-15-8-3-2-7-14(15)19-11-20-17(22)16(27-18(20)23)10-12-5-4-6-13(9-12)21(24)25/h2-10,19H,11H2,1H3. The average molecular weight is 385 g/mol. The van der Waals surface area contributed by atoms with Gasteiger partial charge in [-0.1, -0.05) is 24.3 Å². The van der Waals surface area contributed by atoms with E-state index in [9.17, 15) is 19.7 Å². The molecule has 0 aromatic heterocycles. The Morgan fingerprint density at radius 1 is 1.22 bits per heavy atom. The van der Waals surface area contributed by atoms with Gasteiger partial charge in [0.05, 0.1) is 29.3 Å². The van der Waals surface area contributed by atoms with Crippen LogP contribution >= 0.6 is 11.8 Å². The molecule has 2 aromatic carbocycles. The lowest BCUT2D eigenvalue weighted by atomic mass is 10.2. The van der Waals surface area contributed by atoms with E-state index in [1.54, 1.807) is 24.3 Å². The van der Waals surface area contributed by atoms with Gasteiger partial charge in [0.15, 0.2) is 0 Å². The summed E-state index contributed by atoms with van der Waals surface area (Å²) in [4.78, 5) is 36.3. The van der Waals surface area contributed by atoms with E-state index in [0.29, 0.717) is 17.0 Å². The van der Waals surface area contributed by atoms with E-state index in [-0.39, 0.29) is 17.3 Å². The fraction of sp³-hybridized carbons (Fsp3) is 0.111. The van der Waals surface area contributed by atoms with Crippen LogP contribution in [0, 0.1) is 10.1 Å². The third-order valence-corrected chi connectivity index (χ3v) is 4.69. The number of hydrogen-bond donors (Lipinski definition) is 1. The van der Waals surface area contributed by atoms with E-state index in [2.05, 4.69) is 5.32 Å². The number of ether oxygens (including phenoxy) is 1. The molecule has 1 fully saturated rings. The molecule has 27 heavy (non-hydrogen) atoms. The minimum atomic E-state index is -0.514. The highest BCUT2D eigenvalue weighted by Crippen LogP contribution is 2.33. The molecule has 0 radical (unpaired) electrons. The molecular weight excluding hydrogens is 370 g/mol. The summed E-state index contributed by atoms with van der Waals surface area (Å²) >= 11 is 0.793. The van der Waals surface area contributed by atoms with Crippen LogP contribution in [0.25, 0.3) is 6.08 Å². The van der Waals surface area contributed by atoms with Gasteiger partial charge in [-0.05, 0) is 35.5 Å². The number of carbonyl (C=O) groups excluding carboxylic acids is 2. The number of anilines is 1. The topological polar surface area (TPSA) is 102 Å². The van der Waals surface area contributed by atoms with E-state index < -0.39 is 16.1 Å². The lowest BCUT2D eigenvalue weighted by Crippen LogP contribution is -2.33. The zero-order valence-corrected chi connectivity index (χ0v) is 15.1. The van der Waals surface area contributed by atoms with E-state index in [4.69, 9.17) is 4.74 Å². The minimum Gasteiger partial charge on any atom is -0.495 e. The van der Waals surface area contributed by atoms with Gasteiger partial charge in [-0.2, -0.15) is 0 Å². The molecule has 0 spiro atoms. The maximum Gasteiger partial charge on any atom is 0.295 e. The first-order chi connectivity index (χ1) is 13.0.